The zero-order valence-corrected chi connectivity index (χ0v) is 13.0. The predicted molar refractivity (Wildman–Crippen MR) is 79.9 cm³/mol. The molecule has 1 aromatic carbocycles. The second-order valence-corrected chi connectivity index (χ2v) is 7.28. The van der Waals surface area contributed by atoms with Gasteiger partial charge in [-0.05, 0) is 25.8 Å². The van der Waals surface area contributed by atoms with Gasteiger partial charge >= 0.3 is 0 Å². The van der Waals surface area contributed by atoms with Crippen LogP contribution in [-0.2, 0) is 14.8 Å². The highest BCUT2D eigenvalue weighted by molar-refractivity contribution is 7.89. The molecule has 7 heteroatoms. The van der Waals surface area contributed by atoms with Gasteiger partial charge in [0.1, 0.15) is 5.70 Å². The molecular weight excluding hydrogens is 312 g/mol. The van der Waals surface area contributed by atoms with Crippen molar-refractivity contribution in [3.8, 4) is 0 Å². The highest BCUT2D eigenvalue weighted by Crippen LogP contribution is 2.38. The van der Waals surface area contributed by atoms with Crippen molar-refractivity contribution in [1.29, 1.82) is 0 Å². The van der Waals surface area contributed by atoms with E-state index in [0.717, 1.165) is 17.1 Å². The first-order valence-electron chi connectivity index (χ1n) is 6.79. The molecule has 1 saturated carbocycles. The highest BCUT2D eigenvalue weighted by atomic mass is 35.5. The Balaban J connectivity index is 2.17. The van der Waals surface area contributed by atoms with Gasteiger partial charge in [0.25, 0.3) is 15.9 Å². The maximum absolute atomic E-state index is 12.7. The minimum Gasteiger partial charge on any atom is -0.348 e. The van der Waals surface area contributed by atoms with Gasteiger partial charge in [0.05, 0.1) is 9.93 Å². The molecule has 5 nitrogen and oxygen atoms in total. The van der Waals surface area contributed by atoms with Crippen LogP contribution in [0, 0.1) is 0 Å². The Hall–Kier alpha value is -1.53. The maximum atomic E-state index is 12.7. The Morgan fingerprint density at radius 1 is 1.38 bits per heavy atom. The van der Waals surface area contributed by atoms with E-state index in [1.165, 1.54) is 6.07 Å². The molecule has 0 saturated heterocycles. The Kier molecular flexibility index (Phi) is 3.45. The van der Waals surface area contributed by atoms with Crippen LogP contribution >= 0.6 is 11.6 Å². The number of nitrogens with one attached hydrogen (secondary N) is 1. The quantitative estimate of drug-likeness (QED) is 0.922. The Bertz CT molecular complexity index is 738. The van der Waals surface area contributed by atoms with Crippen molar-refractivity contribution in [2.45, 2.75) is 30.7 Å². The van der Waals surface area contributed by atoms with Crippen LogP contribution in [-0.4, -0.2) is 31.2 Å². The van der Waals surface area contributed by atoms with Gasteiger partial charge < -0.3 is 5.32 Å². The van der Waals surface area contributed by atoms with E-state index in [2.05, 4.69) is 5.32 Å². The SMILES string of the molecule is CCN1C(C(=O)NC2CC2)=C(Cl)c2ccccc2S1(=O)=O. The highest BCUT2D eigenvalue weighted by Gasteiger charge is 2.39. The van der Waals surface area contributed by atoms with Gasteiger partial charge in [-0.2, -0.15) is 0 Å². The Morgan fingerprint density at radius 3 is 2.67 bits per heavy atom. The number of fused-ring (bicyclic) bond motifs is 1. The molecule has 1 heterocycles. The average Bonchev–Trinajstić information content (AvgIpc) is 3.26. The minimum atomic E-state index is -3.75. The third-order valence-electron chi connectivity index (χ3n) is 3.56. The first-order chi connectivity index (χ1) is 9.96. The first kappa shape index (κ1) is 14.4. The van der Waals surface area contributed by atoms with Gasteiger partial charge in [0.2, 0.25) is 0 Å². The summed E-state index contributed by atoms with van der Waals surface area (Å²) in [7, 11) is -3.75. The van der Waals surface area contributed by atoms with E-state index in [4.69, 9.17) is 11.6 Å². The van der Waals surface area contributed by atoms with Crippen LogP contribution in [0.25, 0.3) is 5.03 Å². The molecule has 1 aromatic rings. The van der Waals surface area contributed by atoms with Crippen LogP contribution in [0.2, 0.25) is 0 Å². The number of nitrogens with zero attached hydrogens (tertiary/aromatic N) is 1. The van der Waals surface area contributed by atoms with Gasteiger partial charge in [-0.1, -0.05) is 29.8 Å². The lowest BCUT2D eigenvalue weighted by atomic mass is 10.1. The van der Waals surface area contributed by atoms with Gasteiger partial charge in [-0.15, -0.1) is 0 Å². The molecule has 0 unspecified atom stereocenters. The number of benzene rings is 1. The Morgan fingerprint density at radius 2 is 2.05 bits per heavy atom. The zero-order valence-electron chi connectivity index (χ0n) is 11.5. The van der Waals surface area contributed by atoms with E-state index < -0.39 is 15.9 Å². The predicted octanol–water partition coefficient (Wildman–Crippen LogP) is 1.90. The molecule has 1 aliphatic carbocycles. The summed E-state index contributed by atoms with van der Waals surface area (Å²) in [5, 5.41) is 2.98. The largest absolute Gasteiger partial charge is 0.348 e. The van der Waals surface area contributed by atoms with E-state index in [-0.39, 0.29) is 28.2 Å². The molecule has 112 valence electrons. The summed E-state index contributed by atoms with van der Waals surface area (Å²) in [6.07, 6.45) is 1.85. The van der Waals surface area contributed by atoms with Crippen molar-refractivity contribution in [3.63, 3.8) is 0 Å². The van der Waals surface area contributed by atoms with Crippen LogP contribution in [0.15, 0.2) is 34.9 Å². The molecule has 1 amide bonds. The molecule has 0 spiro atoms. The minimum absolute atomic E-state index is 0.0183. The summed E-state index contributed by atoms with van der Waals surface area (Å²) in [5.74, 6) is -0.428. The third kappa shape index (κ3) is 2.32. The number of likely N-dealkylation sites (N-methyl/N-ethyl adjacent to an activating group) is 1. The number of carbonyl (C=O) groups excluding carboxylic acids is 1. The summed E-state index contributed by atoms with van der Waals surface area (Å²) in [5.41, 5.74) is 0.398. The zero-order chi connectivity index (χ0) is 15.2. The number of hydrogen-bond acceptors (Lipinski definition) is 3. The van der Waals surface area contributed by atoms with E-state index >= 15 is 0 Å². The van der Waals surface area contributed by atoms with Crippen LogP contribution in [0.1, 0.15) is 25.3 Å². The fraction of sp³-hybridized carbons (Fsp3) is 0.357. The summed E-state index contributed by atoms with van der Waals surface area (Å²) in [4.78, 5) is 12.5. The Labute approximate surface area is 128 Å². The van der Waals surface area contributed by atoms with Crippen LogP contribution in [0.5, 0.6) is 0 Å². The summed E-state index contributed by atoms with van der Waals surface area (Å²) < 4.78 is 26.4. The summed E-state index contributed by atoms with van der Waals surface area (Å²) in [6, 6.07) is 6.60. The monoisotopic (exact) mass is 326 g/mol. The third-order valence-corrected chi connectivity index (χ3v) is 5.88. The lowest BCUT2D eigenvalue weighted by molar-refractivity contribution is -0.118. The summed E-state index contributed by atoms with van der Waals surface area (Å²) >= 11 is 6.33. The molecule has 0 radical (unpaired) electrons. The average molecular weight is 327 g/mol. The van der Waals surface area contributed by atoms with Gasteiger partial charge in [-0.3, -0.25) is 9.10 Å². The number of sulfonamides is 1. The van der Waals surface area contributed by atoms with Gasteiger partial charge in [-0.25, -0.2) is 8.42 Å². The number of rotatable bonds is 3. The van der Waals surface area contributed by atoms with Crippen molar-refractivity contribution >= 4 is 32.6 Å². The standard InChI is InChI=1S/C14H15ClN2O3S/c1-2-17-13(14(18)16-9-7-8-9)12(15)10-5-3-4-6-11(10)21(17,19)20/h3-6,9H,2,7-8H2,1H3,(H,16,18). The molecule has 2 aliphatic rings. The number of carbonyl (C=O) groups is 1. The lowest BCUT2D eigenvalue weighted by Gasteiger charge is -2.30. The van der Waals surface area contributed by atoms with Gasteiger partial charge in [0.15, 0.2) is 0 Å². The molecule has 0 aromatic heterocycles. The van der Waals surface area contributed by atoms with E-state index in [1.54, 1.807) is 25.1 Å². The molecule has 1 fully saturated rings. The smallest absolute Gasteiger partial charge is 0.270 e. The van der Waals surface area contributed by atoms with Crippen LogP contribution in [0.4, 0.5) is 0 Å². The van der Waals surface area contributed by atoms with Crippen LogP contribution in [0.3, 0.4) is 0 Å². The fourth-order valence-electron chi connectivity index (χ4n) is 2.37. The summed E-state index contributed by atoms with van der Waals surface area (Å²) in [6.45, 7) is 1.83. The maximum Gasteiger partial charge on any atom is 0.270 e. The number of amides is 1. The van der Waals surface area contributed by atoms with Gasteiger partial charge in [0, 0.05) is 18.2 Å². The van der Waals surface area contributed by atoms with Crippen molar-refractivity contribution in [2.75, 3.05) is 6.54 Å². The van der Waals surface area contributed by atoms with Crippen LogP contribution < -0.4 is 5.32 Å². The molecule has 3 rings (SSSR count). The molecule has 0 atom stereocenters. The molecule has 21 heavy (non-hydrogen) atoms. The number of hydrogen-bond donors (Lipinski definition) is 1. The molecule has 1 aliphatic heterocycles. The lowest BCUT2D eigenvalue weighted by Crippen LogP contribution is -2.41. The van der Waals surface area contributed by atoms with Crippen molar-refractivity contribution in [3.05, 3.63) is 35.5 Å². The first-order valence-corrected chi connectivity index (χ1v) is 8.61. The normalized spacial score (nSPS) is 20.2. The molecular formula is C14H15ClN2O3S. The van der Waals surface area contributed by atoms with Crippen molar-refractivity contribution in [1.82, 2.24) is 9.62 Å². The van der Waals surface area contributed by atoms with E-state index in [9.17, 15) is 13.2 Å². The second-order valence-electron chi connectivity index (χ2n) is 5.08. The topological polar surface area (TPSA) is 66.5 Å². The van der Waals surface area contributed by atoms with E-state index in [1.807, 2.05) is 0 Å². The van der Waals surface area contributed by atoms with E-state index in [0.29, 0.717) is 5.56 Å². The fourth-order valence-corrected chi connectivity index (χ4v) is 4.52. The molecule has 0 bridgehead atoms. The number of halogens is 1. The van der Waals surface area contributed by atoms with Crippen molar-refractivity contribution < 1.29 is 13.2 Å². The molecule has 1 N–H and O–H groups in total. The van der Waals surface area contributed by atoms with Crippen molar-refractivity contribution in [2.24, 2.45) is 0 Å². The second kappa shape index (κ2) is 5.03.